The summed E-state index contributed by atoms with van der Waals surface area (Å²) in [4.78, 5) is 14.8. The van der Waals surface area contributed by atoms with Crippen LogP contribution in [0.1, 0.15) is 47.8 Å². The zero-order valence-electron chi connectivity index (χ0n) is 20.5. The molecule has 0 saturated carbocycles. The molecule has 6 heteroatoms. The first-order valence-electron chi connectivity index (χ1n) is 12.1. The van der Waals surface area contributed by atoms with Crippen LogP contribution in [-0.2, 0) is 30.8 Å². The fourth-order valence-corrected chi connectivity index (χ4v) is 4.13. The van der Waals surface area contributed by atoms with Crippen molar-refractivity contribution in [2.45, 2.75) is 52.0 Å². The molecule has 3 aromatic carbocycles. The van der Waals surface area contributed by atoms with Gasteiger partial charge in [0.05, 0.1) is 19.1 Å². The van der Waals surface area contributed by atoms with E-state index in [0.717, 1.165) is 23.1 Å². The second-order valence-electron chi connectivity index (χ2n) is 8.97. The lowest BCUT2D eigenvalue weighted by Crippen LogP contribution is -2.32. The third kappa shape index (κ3) is 7.92. The fourth-order valence-electron chi connectivity index (χ4n) is 4.13. The summed E-state index contributed by atoms with van der Waals surface area (Å²) >= 11 is 0. The van der Waals surface area contributed by atoms with Gasteiger partial charge in [-0.3, -0.25) is 4.79 Å². The number of aliphatic hydroxyl groups is 2. The smallest absolute Gasteiger partial charge is 0.227 e. The lowest BCUT2D eigenvalue weighted by atomic mass is 10.0. The first-order chi connectivity index (χ1) is 16.9. The first kappa shape index (κ1) is 26.4. The molecule has 6 nitrogen and oxygen atoms in total. The molecule has 2 unspecified atom stereocenters. The maximum Gasteiger partial charge on any atom is 0.227 e. The van der Waals surface area contributed by atoms with Crippen molar-refractivity contribution < 1.29 is 20.1 Å². The number of carbonyl (C=O) groups is 1. The van der Waals surface area contributed by atoms with Gasteiger partial charge in [0.1, 0.15) is 5.75 Å². The number of nitrogens with one attached hydrogen (secondary N) is 1. The van der Waals surface area contributed by atoms with Gasteiger partial charge >= 0.3 is 0 Å². The van der Waals surface area contributed by atoms with Crippen LogP contribution in [-0.4, -0.2) is 45.3 Å². The molecule has 2 atom stereocenters. The van der Waals surface area contributed by atoms with Crippen LogP contribution in [0.4, 0.5) is 0 Å². The van der Waals surface area contributed by atoms with Gasteiger partial charge in [-0.15, -0.1) is 0 Å². The maximum atomic E-state index is 12.9. The molecule has 4 N–H and O–H groups in total. The molecule has 3 aromatic rings. The van der Waals surface area contributed by atoms with Crippen molar-refractivity contribution in [1.82, 2.24) is 10.2 Å². The van der Waals surface area contributed by atoms with Crippen LogP contribution in [0.25, 0.3) is 0 Å². The number of aromatic hydroxyl groups is 1. The van der Waals surface area contributed by atoms with Crippen LogP contribution in [0.3, 0.4) is 0 Å². The lowest BCUT2D eigenvalue weighted by molar-refractivity contribution is -0.130. The van der Waals surface area contributed by atoms with Crippen molar-refractivity contribution in [3.8, 4) is 5.75 Å². The van der Waals surface area contributed by atoms with Gasteiger partial charge in [0, 0.05) is 31.2 Å². The van der Waals surface area contributed by atoms with Crippen molar-refractivity contribution in [3.05, 3.63) is 101 Å². The van der Waals surface area contributed by atoms with Gasteiger partial charge in [-0.05, 0) is 54.7 Å². The molecule has 0 bridgehead atoms. The van der Waals surface area contributed by atoms with E-state index in [0.29, 0.717) is 37.2 Å². The largest absolute Gasteiger partial charge is 0.508 e. The summed E-state index contributed by atoms with van der Waals surface area (Å²) in [7, 11) is 0. The minimum Gasteiger partial charge on any atom is -0.508 e. The van der Waals surface area contributed by atoms with Crippen LogP contribution in [0.5, 0.6) is 5.75 Å². The van der Waals surface area contributed by atoms with Gasteiger partial charge < -0.3 is 25.5 Å². The van der Waals surface area contributed by atoms with E-state index in [1.807, 2.05) is 54.3 Å². The van der Waals surface area contributed by atoms with Crippen LogP contribution in [0, 0.1) is 0 Å². The second kappa shape index (κ2) is 13.0. The molecular weight excluding hydrogens is 440 g/mol. The van der Waals surface area contributed by atoms with Gasteiger partial charge in [0.2, 0.25) is 5.91 Å². The summed E-state index contributed by atoms with van der Waals surface area (Å²) < 4.78 is 0. The summed E-state index contributed by atoms with van der Waals surface area (Å²) in [5, 5.41) is 32.9. The Hall–Kier alpha value is -3.19. The Balaban J connectivity index is 1.53. The predicted octanol–water partition coefficient (Wildman–Crippen LogP) is 3.73. The van der Waals surface area contributed by atoms with Gasteiger partial charge in [0.15, 0.2) is 0 Å². The number of phenols is 1. The minimum absolute atomic E-state index is 0.0188. The summed E-state index contributed by atoms with van der Waals surface area (Å²) in [6.07, 6.45) is 0.369. The van der Waals surface area contributed by atoms with E-state index in [1.54, 1.807) is 12.1 Å². The normalized spacial score (nSPS) is 12.8. The van der Waals surface area contributed by atoms with Gasteiger partial charge in [0.25, 0.3) is 0 Å². The number of benzene rings is 3. The Morgan fingerprint density at radius 3 is 2.40 bits per heavy atom. The topological polar surface area (TPSA) is 93.0 Å². The Kier molecular flexibility index (Phi) is 9.85. The maximum absolute atomic E-state index is 12.9. The minimum atomic E-state index is -0.753. The lowest BCUT2D eigenvalue weighted by Gasteiger charge is -2.21. The third-order valence-corrected chi connectivity index (χ3v) is 6.16. The highest BCUT2D eigenvalue weighted by molar-refractivity contribution is 5.78. The van der Waals surface area contributed by atoms with Crippen LogP contribution >= 0.6 is 0 Å². The van der Waals surface area contributed by atoms with Gasteiger partial charge in [-0.25, -0.2) is 0 Å². The van der Waals surface area contributed by atoms with E-state index in [1.165, 1.54) is 6.07 Å². The highest BCUT2D eigenvalue weighted by Crippen LogP contribution is 2.22. The van der Waals surface area contributed by atoms with Crippen molar-refractivity contribution in [2.75, 3.05) is 13.1 Å². The zero-order valence-corrected chi connectivity index (χ0v) is 20.5. The van der Waals surface area contributed by atoms with E-state index in [2.05, 4.69) is 24.4 Å². The zero-order chi connectivity index (χ0) is 25.2. The van der Waals surface area contributed by atoms with Crippen molar-refractivity contribution in [1.29, 1.82) is 0 Å². The molecule has 0 aliphatic rings. The number of aliphatic hydroxyl groups excluding tert-OH is 2. The second-order valence-corrected chi connectivity index (χ2v) is 8.97. The molecule has 35 heavy (non-hydrogen) atoms. The highest BCUT2D eigenvalue weighted by Gasteiger charge is 2.15. The predicted molar refractivity (Wildman–Crippen MR) is 138 cm³/mol. The number of amides is 1. The molecule has 0 aliphatic carbocycles. The van der Waals surface area contributed by atoms with E-state index >= 15 is 0 Å². The van der Waals surface area contributed by atoms with E-state index in [-0.39, 0.29) is 24.3 Å². The van der Waals surface area contributed by atoms with Crippen LogP contribution in [0.15, 0.2) is 72.8 Å². The molecule has 0 aromatic heterocycles. The number of hydrogen-bond donors (Lipinski definition) is 4. The highest BCUT2D eigenvalue weighted by atomic mass is 16.3. The molecule has 3 rings (SSSR count). The molecule has 0 radical (unpaired) electrons. The Morgan fingerprint density at radius 1 is 0.971 bits per heavy atom. The average molecular weight is 477 g/mol. The molecule has 0 fully saturated rings. The fraction of sp³-hybridized carbons (Fsp3) is 0.345. The monoisotopic (exact) mass is 476 g/mol. The van der Waals surface area contributed by atoms with Crippen molar-refractivity contribution >= 4 is 5.91 Å². The summed E-state index contributed by atoms with van der Waals surface area (Å²) in [5.74, 6) is 0.129. The van der Waals surface area contributed by atoms with Gasteiger partial charge in [-0.2, -0.15) is 0 Å². The molecule has 1 amide bonds. The number of rotatable bonds is 12. The Labute approximate surface area is 207 Å². The van der Waals surface area contributed by atoms with E-state index in [4.69, 9.17) is 0 Å². The quantitative estimate of drug-likeness (QED) is 0.320. The SMILES string of the molecule is CCN(Cc1ccccc1)C(=O)Cc1cccc(CC(C)NCC(O)c2ccc(O)c(CO)c2)c1. The Bertz CT molecular complexity index is 1090. The standard InChI is InChI=1S/C29H36N2O4/c1-3-31(19-22-8-5-4-6-9-22)29(35)16-24-11-7-10-23(15-24)14-21(2)30-18-28(34)25-12-13-27(33)26(17-25)20-32/h4-13,15,17,21,28,30,32-34H,3,14,16,18-20H2,1-2H3. The molecule has 0 heterocycles. The van der Waals surface area contributed by atoms with E-state index < -0.39 is 6.10 Å². The molecule has 0 spiro atoms. The number of hydrogen-bond acceptors (Lipinski definition) is 5. The number of nitrogens with zero attached hydrogens (tertiary/aromatic N) is 1. The molecule has 186 valence electrons. The molecular formula is C29H36N2O4. The number of carbonyl (C=O) groups excluding carboxylic acids is 1. The summed E-state index contributed by atoms with van der Waals surface area (Å²) in [6.45, 7) is 5.40. The Morgan fingerprint density at radius 2 is 1.69 bits per heavy atom. The average Bonchev–Trinajstić information content (AvgIpc) is 2.87. The van der Waals surface area contributed by atoms with Crippen LogP contribution in [0.2, 0.25) is 0 Å². The summed E-state index contributed by atoms with van der Waals surface area (Å²) in [5.41, 5.74) is 4.28. The molecule has 0 aliphatic heterocycles. The summed E-state index contributed by atoms with van der Waals surface area (Å²) in [6, 6.07) is 23.0. The third-order valence-electron chi connectivity index (χ3n) is 6.16. The first-order valence-corrected chi connectivity index (χ1v) is 12.1. The van der Waals surface area contributed by atoms with Crippen molar-refractivity contribution in [2.24, 2.45) is 0 Å². The molecule has 0 saturated heterocycles. The van der Waals surface area contributed by atoms with Crippen molar-refractivity contribution in [3.63, 3.8) is 0 Å². The van der Waals surface area contributed by atoms with Crippen LogP contribution < -0.4 is 5.32 Å². The van der Waals surface area contributed by atoms with E-state index in [9.17, 15) is 20.1 Å². The number of likely N-dealkylation sites (N-methyl/N-ethyl adjacent to an activating group) is 1. The van der Waals surface area contributed by atoms with Gasteiger partial charge in [-0.1, -0.05) is 60.7 Å².